The number of aromatic nitrogens is 4. The van der Waals surface area contributed by atoms with Crippen LogP contribution in [0.3, 0.4) is 0 Å². The van der Waals surface area contributed by atoms with E-state index in [9.17, 15) is 0 Å². The maximum atomic E-state index is 19.4. The van der Waals surface area contributed by atoms with E-state index in [1.165, 1.54) is 0 Å². The molecule has 6 aromatic carbocycles. The third kappa shape index (κ3) is 2.14. The molecule has 4 nitrogen and oxygen atoms in total. The van der Waals surface area contributed by atoms with Gasteiger partial charge in [0.15, 0.2) is 11.4 Å². The lowest BCUT2D eigenvalue weighted by atomic mass is 9.75. The standard InChI is InChI=1S/C36H20BFN4/c38-37-40-31(25-11-5-13-27-33-23-9-3-1-7-21(23)15-17-29(33)41(37)35(25)27)19-39-20-32(40)26-12-6-14-28-34-24-10-4-2-8-22(24)16-18-30(34)42(37)36(26)28/h1-20H. The first kappa shape index (κ1) is 21.3. The first-order valence-electron chi connectivity index (χ1n) is 14.4. The SMILES string of the molecule is F[B-]12n3c4ccc5ccccc5c4c4cccc(c43)-c3cncc([n+]31)-c1cccc3c4c5ccccc5ccc4n2c13. The van der Waals surface area contributed by atoms with E-state index in [1.807, 2.05) is 25.8 Å². The number of fused-ring (bicyclic) bond motifs is 14. The van der Waals surface area contributed by atoms with Crippen LogP contribution in [0, 0.1) is 0 Å². The lowest BCUT2D eigenvalue weighted by molar-refractivity contribution is -0.540. The minimum atomic E-state index is -3.08. The largest absolute Gasteiger partial charge is 0.667 e. The highest BCUT2D eigenvalue weighted by molar-refractivity contribution is 6.68. The smallest absolute Gasteiger partial charge is 0.400 e. The van der Waals surface area contributed by atoms with Gasteiger partial charge in [-0.25, -0.2) is 0 Å². The number of nitrogens with zero attached hydrogens (tertiary/aromatic N) is 4. The molecule has 0 atom stereocenters. The summed E-state index contributed by atoms with van der Waals surface area (Å²) >= 11 is 0. The van der Waals surface area contributed by atoms with Crippen LogP contribution in [0.5, 0.6) is 0 Å². The van der Waals surface area contributed by atoms with E-state index in [1.54, 1.807) is 0 Å². The van der Waals surface area contributed by atoms with Crippen LogP contribution < -0.4 is 4.48 Å². The molecule has 9 aromatic rings. The molecule has 3 aromatic heterocycles. The summed E-state index contributed by atoms with van der Waals surface area (Å²) in [5, 5.41) is 8.86. The van der Waals surface area contributed by atoms with Crippen molar-refractivity contribution in [3.8, 4) is 22.5 Å². The molecular formula is C36H20BFN4. The van der Waals surface area contributed by atoms with Gasteiger partial charge in [-0.2, -0.15) is 0 Å². The van der Waals surface area contributed by atoms with Gasteiger partial charge in [0.2, 0.25) is 0 Å². The van der Waals surface area contributed by atoms with Gasteiger partial charge in [0, 0.05) is 43.6 Å². The van der Waals surface area contributed by atoms with E-state index in [-0.39, 0.29) is 0 Å². The van der Waals surface area contributed by atoms with E-state index < -0.39 is 6.83 Å². The van der Waals surface area contributed by atoms with E-state index in [0.717, 1.165) is 87.7 Å². The highest BCUT2D eigenvalue weighted by Gasteiger charge is 2.56. The Morgan fingerprint density at radius 3 is 1.52 bits per heavy atom. The van der Waals surface area contributed by atoms with Gasteiger partial charge in [0.1, 0.15) is 0 Å². The first-order chi connectivity index (χ1) is 20.7. The summed E-state index contributed by atoms with van der Waals surface area (Å²) in [5.41, 5.74) is 7.21. The van der Waals surface area contributed by atoms with E-state index >= 15 is 4.32 Å². The summed E-state index contributed by atoms with van der Waals surface area (Å²) < 4.78 is 25.3. The predicted molar refractivity (Wildman–Crippen MR) is 169 cm³/mol. The topological polar surface area (TPSA) is 26.6 Å². The van der Waals surface area contributed by atoms with Gasteiger partial charge in [-0.1, -0.05) is 84.9 Å². The quantitative estimate of drug-likeness (QED) is 0.179. The number of hydrogen-bond donors (Lipinski definition) is 0. The second-order valence-electron chi connectivity index (χ2n) is 11.7. The summed E-state index contributed by atoms with van der Waals surface area (Å²) in [4.78, 5) is 4.70. The minimum absolute atomic E-state index is 0.797. The molecule has 0 saturated heterocycles. The van der Waals surface area contributed by atoms with Crippen molar-refractivity contribution in [2.45, 2.75) is 0 Å². The highest BCUT2D eigenvalue weighted by atomic mass is 19.1. The van der Waals surface area contributed by atoms with E-state index in [4.69, 9.17) is 4.98 Å². The molecule has 0 bridgehead atoms. The fraction of sp³-hybridized carbons (Fsp3) is 0. The zero-order valence-electron chi connectivity index (χ0n) is 22.3. The molecule has 0 aliphatic carbocycles. The molecule has 11 rings (SSSR count). The average Bonchev–Trinajstić information content (AvgIpc) is 3.58. The summed E-state index contributed by atoms with van der Waals surface area (Å²) in [5.74, 6) is 0. The Hall–Kier alpha value is -5.49. The maximum absolute atomic E-state index is 19.4. The molecule has 2 aliphatic heterocycles. The van der Waals surface area contributed by atoms with Gasteiger partial charge >= 0.3 is 6.83 Å². The minimum Gasteiger partial charge on any atom is -0.400 e. The van der Waals surface area contributed by atoms with Crippen molar-refractivity contribution >= 4 is 72.0 Å². The fourth-order valence-corrected chi connectivity index (χ4v) is 8.37. The predicted octanol–water partition coefficient (Wildman–Crippen LogP) is 8.20. The molecule has 0 N–H and O–H groups in total. The number of halogens is 1. The van der Waals surface area contributed by atoms with E-state index in [0.29, 0.717) is 0 Å². The van der Waals surface area contributed by atoms with Crippen molar-refractivity contribution in [1.82, 2.24) is 13.9 Å². The maximum Gasteiger partial charge on any atom is 0.667 e. The third-order valence-electron chi connectivity index (χ3n) is 9.88. The molecule has 6 heteroatoms. The Morgan fingerprint density at radius 1 is 0.524 bits per heavy atom. The van der Waals surface area contributed by atoms with Gasteiger partial charge < -0.3 is 17.7 Å². The van der Waals surface area contributed by atoms with Crippen LogP contribution in [0.15, 0.2) is 122 Å². The first-order valence-corrected chi connectivity index (χ1v) is 14.4. The Kier molecular flexibility index (Phi) is 3.48. The molecule has 0 saturated carbocycles. The molecule has 0 fully saturated rings. The van der Waals surface area contributed by atoms with Gasteiger partial charge in [-0.15, -0.1) is 0 Å². The summed E-state index contributed by atoms with van der Waals surface area (Å²) in [6.07, 6.45) is 3.67. The van der Waals surface area contributed by atoms with Crippen LogP contribution in [0.25, 0.3) is 87.7 Å². The third-order valence-corrected chi connectivity index (χ3v) is 9.88. The van der Waals surface area contributed by atoms with Crippen LogP contribution in [-0.2, 0) is 0 Å². The Bertz CT molecular complexity index is 2540. The fourth-order valence-electron chi connectivity index (χ4n) is 8.37. The van der Waals surface area contributed by atoms with Crippen molar-refractivity contribution in [3.05, 3.63) is 122 Å². The number of para-hydroxylation sites is 2. The highest BCUT2D eigenvalue weighted by Crippen LogP contribution is 2.48. The zero-order chi connectivity index (χ0) is 27.3. The summed E-state index contributed by atoms with van der Waals surface area (Å²) in [6.45, 7) is -3.08. The molecule has 2 aliphatic rings. The van der Waals surface area contributed by atoms with Crippen LogP contribution in [0.4, 0.5) is 4.32 Å². The van der Waals surface area contributed by atoms with Crippen molar-refractivity contribution in [3.63, 3.8) is 0 Å². The molecule has 0 radical (unpaired) electrons. The van der Waals surface area contributed by atoms with Crippen LogP contribution in [0.1, 0.15) is 0 Å². The van der Waals surface area contributed by atoms with Crippen molar-refractivity contribution in [2.75, 3.05) is 0 Å². The summed E-state index contributed by atoms with van der Waals surface area (Å²) in [7, 11) is 0. The van der Waals surface area contributed by atoms with Crippen LogP contribution in [0.2, 0.25) is 0 Å². The van der Waals surface area contributed by atoms with Gasteiger partial charge in [-0.3, -0.25) is 4.98 Å². The Morgan fingerprint density at radius 2 is 1.00 bits per heavy atom. The van der Waals surface area contributed by atoms with Crippen LogP contribution in [-0.4, -0.2) is 20.8 Å². The molecule has 42 heavy (non-hydrogen) atoms. The van der Waals surface area contributed by atoms with E-state index in [2.05, 4.69) is 109 Å². The molecule has 0 amide bonds. The molecule has 5 heterocycles. The normalized spacial score (nSPS) is 14.5. The van der Waals surface area contributed by atoms with Gasteiger partial charge in [-0.05, 0) is 45.8 Å². The average molecular weight is 538 g/mol. The Balaban J connectivity index is 1.46. The number of hydrogen-bond acceptors (Lipinski definition) is 1. The second-order valence-corrected chi connectivity index (χ2v) is 11.7. The molecular weight excluding hydrogens is 518 g/mol. The lowest BCUT2D eigenvalue weighted by Crippen LogP contribution is -2.75. The zero-order valence-corrected chi connectivity index (χ0v) is 22.3. The monoisotopic (exact) mass is 538 g/mol. The van der Waals surface area contributed by atoms with Gasteiger partial charge in [0.25, 0.3) is 0 Å². The van der Waals surface area contributed by atoms with Crippen molar-refractivity contribution in [2.24, 2.45) is 0 Å². The number of rotatable bonds is 0. The summed E-state index contributed by atoms with van der Waals surface area (Å²) in [6, 6.07) is 38.0. The number of benzene rings is 6. The van der Waals surface area contributed by atoms with Gasteiger partial charge in [0.05, 0.1) is 23.5 Å². The van der Waals surface area contributed by atoms with Crippen molar-refractivity contribution in [1.29, 1.82) is 0 Å². The molecule has 0 spiro atoms. The lowest BCUT2D eigenvalue weighted by Gasteiger charge is -2.40. The van der Waals surface area contributed by atoms with Crippen molar-refractivity contribution < 1.29 is 8.79 Å². The molecule has 194 valence electrons. The van der Waals surface area contributed by atoms with Crippen LogP contribution >= 0.6 is 0 Å². The second kappa shape index (κ2) is 6.86. The Labute approximate surface area is 238 Å². The molecule has 0 unspecified atom stereocenters.